The Hall–Kier alpha value is -1.80. The number of Topliss-reactive ketones (excluding diaryl/α,β-unsaturated/α-hetero) is 1. The van der Waals surface area contributed by atoms with Crippen molar-refractivity contribution in [2.45, 2.75) is 26.8 Å². The summed E-state index contributed by atoms with van der Waals surface area (Å²) in [5.74, 6) is -0.444. The number of aryl methyl sites for hydroxylation is 1. The Morgan fingerprint density at radius 3 is 2.57 bits per heavy atom. The highest BCUT2D eigenvalue weighted by atomic mass is 32.2. The molecule has 5 heteroatoms. The molecule has 0 fully saturated rings. The average molecular weight is 304 g/mol. The lowest BCUT2D eigenvalue weighted by Crippen LogP contribution is -2.34. The number of carbonyl (C=O) groups excluding carboxylic acids is 2. The molecule has 1 aromatic rings. The van der Waals surface area contributed by atoms with Gasteiger partial charge in [-0.15, -0.1) is 0 Å². The molecule has 0 unspecified atom stereocenters. The van der Waals surface area contributed by atoms with Gasteiger partial charge in [0.1, 0.15) is 0 Å². The zero-order valence-electron chi connectivity index (χ0n) is 12.4. The van der Waals surface area contributed by atoms with Crippen molar-refractivity contribution in [1.82, 2.24) is 5.32 Å². The molecule has 0 heterocycles. The summed E-state index contributed by atoms with van der Waals surface area (Å²) in [4.78, 5) is 23.8. The van der Waals surface area contributed by atoms with Gasteiger partial charge in [-0.05, 0) is 18.2 Å². The molecular formula is C16H20N2O2S. The molecule has 4 nitrogen and oxygen atoms in total. The smallest absolute Gasteiger partial charge is 0.245 e. The van der Waals surface area contributed by atoms with Crippen LogP contribution >= 0.6 is 11.8 Å². The molecule has 1 amide bonds. The standard InChI is InChI=1S/C16H20N2O2S/c1-3-21-9-8-15(19)14(10-17)16(20)18-11-13-6-4-12(2)5-7-13/h4-7,14H,3,8-9,11H2,1-2H3,(H,18,20)/t14-/m0/s1. The Labute approximate surface area is 129 Å². The monoisotopic (exact) mass is 304 g/mol. The van der Waals surface area contributed by atoms with Gasteiger partial charge in [0.25, 0.3) is 0 Å². The first-order valence-electron chi connectivity index (χ1n) is 6.91. The fourth-order valence-electron chi connectivity index (χ4n) is 1.74. The molecule has 0 aliphatic carbocycles. The first kappa shape index (κ1) is 17.3. The fourth-order valence-corrected chi connectivity index (χ4v) is 2.37. The molecule has 0 aromatic heterocycles. The van der Waals surface area contributed by atoms with Crippen LogP contribution in [-0.2, 0) is 16.1 Å². The molecule has 0 saturated carbocycles. The van der Waals surface area contributed by atoms with E-state index in [1.54, 1.807) is 17.8 Å². The minimum absolute atomic E-state index is 0.259. The van der Waals surface area contributed by atoms with Crippen LogP contribution in [0.3, 0.4) is 0 Å². The lowest BCUT2D eigenvalue weighted by Gasteiger charge is -2.09. The molecule has 0 bridgehead atoms. The molecule has 21 heavy (non-hydrogen) atoms. The number of hydrogen-bond donors (Lipinski definition) is 1. The summed E-state index contributed by atoms with van der Waals surface area (Å²) in [5.41, 5.74) is 2.09. The lowest BCUT2D eigenvalue weighted by molar-refractivity contribution is -0.131. The van der Waals surface area contributed by atoms with Crippen molar-refractivity contribution in [3.63, 3.8) is 0 Å². The predicted octanol–water partition coefficient (Wildman–Crippen LogP) is 2.46. The maximum absolute atomic E-state index is 11.9. The number of nitrogens with one attached hydrogen (secondary N) is 1. The number of amides is 1. The first-order valence-corrected chi connectivity index (χ1v) is 8.07. The number of ketones is 1. The molecule has 0 spiro atoms. The Morgan fingerprint density at radius 1 is 1.33 bits per heavy atom. The van der Waals surface area contributed by atoms with Crippen LogP contribution in [0.1, 0.15) is 24.5 Å². The number of rotatable bonds is 8. The summed E-state index contributed by atoms with van der Waals surface area (Å²) in [7, 11) is 0. The second kappa shape index (κ2) is 9.19. The molecule has 0 saturated heterocycles. The lowest BCUT2D eigenvalue weighted by atomic mass is 10.0. The Balaban J connectivity index is 2.49. The van der Waals surface area contributed by atoms with Crippen molar-refractivity contribution in [2.75, 3.05) is 11.5 Å². The maximum Gasteiger partial charge on any atom is 0.245 e. The van der Waals surface area contributed by atoms with Gasteiger partial charge in [0.15, 0.2) is 11.7 Å². The maximum atomic E-state index is 11.9. The highest BCUT2D eigenvalue weighted by Gasteiger charge is 2.25. The third-order valence-corrected chi connectivity index (χ3v) is 3.90. The molecule has 1 atom stereocenters. The van der Waals surface area contributed by atoms with E-state index in [0.717, 1.165) is 16.9 Å². The number of hydrogen-bond acceptors (Lipinski definition) is 4. The number of nitrogens with zero attached hydrogens (tertiary/aromatic N) is 1. The van der Waals surface area contributed by atoms with Gasteiger partial charge in [-0.3, -0.25) is 9.59 Å². The van der Waals surface area contributed by atoms with Gasteiger partial charge in [-0.1, -0.05) is 36.8 Å². The van der Waals surface area contributed by atoms with Crippen molar-refractivity contribution < 1.29 is 9.59 Å². The van der Waals surface area contributed by atoms with E-state index in [4.69, 9.17) is 5.26 Å². The van der Waals surface area contributed by atoms with Gasteiger partial charge in [0.05, 0.1) is 6.07 Å². The van der Waals surface area contributed by atoms with Crippen LogP contribution in [0.15, 0.2) is 24.3 Å². The van der Waals surface area contributed by atoms with Crippen LogP contribution in [0.2, 0.25) is 0 Å². The number of nitriles is 1. The first-order chi connectivity index (χ1) is 10.1. The van der Waals surface area contributed by atoms with Crippen LogP contribution < -0.4 is 5.32 Å². The predicted molar refractivity (Wildman–Crippen MR) is 84.8 cm³/mol. The normalized spacial score (nSPS) is 11.5. The molecule has 0 aliphatic heterocycles. The zero-order valence-corrected chi connectivity index (χ0v) is 13.2. The Bertz CT molecular complexity index is 520. The van der Waals surface area contributed by atoms with Crippen molar-refractivity contribution in [1.29, 1.82) is 5.26 Å². The molecule has 1 N–H and O–H groups in total. The van der Waals surface area contributed by atoms with E-state index in [2.05, 4.69) is 5.32 Å². The minimum Gasteiger partial charge on any atom is -0.350 e. The van der Waals surface area contributed by atoms with Crippen molar-refractivity contribution in [3.05, 3.63) is 35.4 Å². The highest BCUT2D eigenvalue weighted by Crippen LogP contribution is 2.08. The average Bonchev–Trinajstić information content (AvgIpc) is 2.47. The van der Waals surface area contributed by atoms with E-state index in [-0.39, 0.29) is 12.2 Å². The molecule has 1 aromatic carbocycles. The molecule has 0 radical (unpaired) electrons. The Morgan fingerprint density at radius 2 is 2.00 bits per heavy atom. The summed E-state index contributed by atoms with van der Waals surface area (Å²) < 4.78 is 0. The third kappa shape index (κ3) is 6.01. The molecule has 112 valence electrons. The third-order valence-electron chi connectivity index (χ3n) is 3.00. The SMILES string of the molecule is CCSCCC(=O)[C@H](C#N)C(=O)NCc1ccc(C)cc1. The van der Waals surface area contributed by atoms with E-state index < -0.39 is 11.8 Å². The van der Waals surface area contributed by atoms with Crippen molar-refractivity contribution in [2.24, 2.45) is 5.92 Å². The summed E-state index contributed by atoms with van der Waals surface area (Å²) in [5, 5.41) is 11.7. The topological polar surface area (TPSA) is 70.0 Å². The van der Waals surface area contributed by atoms with Gasteiger partial charge in [-0.2, -0.15) is 17.0 Å². The second-order valence-electron chi connectivity index (χ2n) is 4.68. The van der Waals surface area contributed by atoms with Crippen LogP contribution in [0.5, 0.6) is 0 Å². The molecular weight excluding hydrogens is 284 g/mol. The summed E-state index contributed by atoms with van der Waals surface area (Å²) >= 11 is 1.63. The van der Waals surface area contributed by atoms with Gasteiger partial charge in [0, 0.05) is 18.7 Å². The molecule has 0 aliphatic rings. The van der Waals surface area contributed by atoms with Gasteiger partial charge in [0.2, 0.25) is 5.91 Å². The summed E-state index contributed by atoms with van der Waals surface area (Å²) in [6, 6.07) is 9.54. The van der Waals surface area contributed by atoms with Crippen LogP contribution in [0, 0.1) is 24.2 Å². The second-order valence-corrected chi connectivity index (χ2v) is 6.07. The van der Waals surface area contributed by atoms with Crippen molar-refractivity contribution in [3.8, 4) is 6.07 Å². The Kier molecular flexibility index (Phi) is 7.55. The van der Waals surface area contributed by atoms with Crippen LogP contribution in [0.4, 0.5) is 0 Å². The van der Waals surface area contributed by atoms with E-state index in [0.29, 0.717) is 12.3 Å². The van der Waals surface area contributed by atoms with Crippen LogP contribution in [-0.4, -0.2) is 23.2 Å². The van der Waals surface area contributed by atoms with E-state index in [1.807, 2.05) is 38.1 Å². The van der Waals surface area contributed by atoms with Gasteiger partial charge >= 0.3 is 0 Å². The van der Waals surface area contributed by atoms with E-state index >= 15 is 0 Å². The highest BCUT2D eigenvalue weighted by molar-refractivity contribution is 7.99. The molecule has 1 rings (SSSR count). The largest absolute Gasteiger partial charge is 0.350 e. The minimum atomic E-state index is -1.20. The fraction of sp³-hybridized carbons (Fsp3) is 0.438. The summed E-state index contributed by atoms with van der Waals surface area (Å²) in [6.45, 7) is 4.32. The number of carbonyl (C=O) groups is 2. The quantitative estimate of drug-likeness (QED) is 0.591. The number of thioether (sulfide) groups is 1. The van der Waals surface area contributed by atoms with Gasteiger partial charge in [-0.25, -0.2) is 0 Å². The zero-order chi connectivity index (χ0) is 15.7. The van der Waals surface area contributed by atoms with Gasteiger partial charge < -0.3 is 5.32 Å². The van der Waals surface area contributed by atoms with Crippen molar-refractivity contribution >= 4 is 23.5 Å². The van der Waals surface area contributed by atoms with E-state index in [1.165, 1.54) is 0 Å². The number of benzene rings is 1. The van der Waals surface area contributed by atoms with Crippen LogP contribution in [0.25, 0.3) is 0 Å². The summed E-state index contributed by atoms with van der Waals surface area (Å²) in [6.07, 6.45) is 0.259. The van der Waals surface area contributed by atoms with E-state index in [9.17, 15) is 9.59 Å².